The van der Waals surface area contributed by atoms with Crippen LogP contribution in [-0.4, -0.2) is 21.3 Å². The highest BCUT2D eigenvalue weighted by Crippen LogP contribution is 2.46. The van der Waals surface area contributed by atoms with Gasteiger partial charge in [0, 0.05) is 17.2 Å². The first-order valence-electron chi connectivity index (χ1n) is 7.79. The quantitative estimate of drug-likeness (QED) is 0.940. The van der Waals surface area contributed by atoms with Gasteiger partial charge in [0.25, 0.3) is 0 Å². The SMILES string of the molecule is COc1ccc2c(c1)[C@@H](N)CCc1cc(OC)c(C)c(OC)c1-2. The van der Waals surface area contributed by atoms with Crippen molar-refractivity contribution in [1.82, 2.24) is 0 Å². The molecule has 0 aromatic heterocycles. The van der Waals surface area contributed by atoms with E-state index in [4.69, 9.17) is 19.9 Å². The second kappa shape index (κ2) is 6.13. The number of fused-ring (bicyclic) bond motifs is 3. The van der Waals surface area contributed by atoms with E-state index < -0.39 is 0 Å². The van der Waals surface area contributed by atoms with Gasteiger partial charge < -0.3 is 19.9 Å². The van der Waals surface area contributed by atoms with Crippen molar-refractivity contribution in [2.75, 3.05) is 21.3 Å². The van der Waals surface area contributed by atoms with Gasteiger partial charge in [0.15, 0.2) is 0 Å². The molecule has 0 unspecified atom stereocenters. The van der Waals surface area contributed by atoms with Crippen molar-refractivity contribution in [3.8, 4) is 28.4 Å². The molecule has 4 nitrogen and oxygen atoms in total. The molecule has 122 valence electrons. The lowest BCUT2D eigenvalue weighted by Gasteiger charge is -2.19. The Bertz CT molecular complexity index is 740. The van der Waals surface area contributed by atoms with Gasteiger partial charge in [0.2, 0.25) is 0 Å². The summed E-state index contributed by atoms with van der Waals surface area (Å²) in [4.78, 5) is 0. The molecule has 0 bridgehead atoms. The van der Waals surface area contributed by atoms with Crippen molar-refractivity contribution in [3.05, 3.63) is 41.0 Å². The van der Waals surface area contributed by atoms with Gasteiger partial charge in [-0.1, -0.05) is 6.07 Å². The maximum Gasteiger partial charge on any atom is 0.133 e. The third-order valence-corrected chi connectivity index (χ3v) is 4.64. The van der Waals surface area contributed by atoms with Crippen molar-refractivity contribution in [2.45, 2.75) is 25.8 Å². The lowest BCUT2D eigenvalue weighted by Crippen LogP contribution is -2.10. The number of ether oxygens (including phenoxy) is 3. The average Bonchev–Trinajstić information content (AvgIpc) is 2.71. The van der Waals surface area contributed by atoms with E-state index in [-0.39, 0.29) is 6.04 Å². The Balaban J connectivity index is 2.32. The highest BCUT2D eigenvalue weighted by atomic mass is 16.5. The van der Waals surface area contributed by atoms with Crippen molar-refractivity contribution < 1.29 is 14.2 Å². The smallest absolute Gasteiger partial charge is 0.133 e. The average molecular weight is 313 g/mol. The van der Waals surface area contributed by atoms with E-state index in [1.54, 1.807) is 21.3 Å². The molecule has 0 aliphatic heterocycles. The van der Waals surface area contributed by atoms with Crippen LogP contribution in [0.3, 0.4) is 0 Å². The molecule has 2 aromatic carbocycles. The monoisotopic (exact) mass is 313 g/mol. The maximum absolute atomic E-state index is 6.42. The number of hydrogen-bond donors (Lipinski definition) is 1. The van der Waals surface area contributed by atoms with E-state index in [1.165, 1.54) is 5.56 Å². The van der Waals surface area contributed by atoms with E-state index in [2.05, 4.69) is 12.1 Å². The van der Waals surface area contributed by atoms with Gasteiger partial charge in [-0.15, -0.1) is 0 Å². The van der Waals surface area contributed by atoms with Crippen molar-refractivity contribution in [3.63, 3.8) is 0 Å². The molecule has 0 amide bonds. The molecule has 2 N–H and O–H groups in total. The van der Waals surface area contributed by atoms with Crippen molar-refractivity contribution in [2.24, 2.45) is 5.73 Å². The fourth-order valence-electron chi connectivity index (χ4n) is 3.41. The summed E-state index contributed by atoms with van der Waals surface area (Å²) >= 11 is 0. The number of hydrogen-bond acceptors (Lipinski definition) is 4. The summed E-state index contributed by atoms with van der Waals surface area (Å²) in [5.74, 6) is 2.54. The first-order chi connectivity index (χ1) is 11.1. The Morgan fingerprint density at radius 1 is 1.04 bits per heavy atom. The summed E-state index contributed by atoms with van der Waals surface area (Å²) < 4.78 is 16.6. The van der Waals surface area contributed by atoms with Crippen LogP contribution in [0.5, 0.6) is 17.2 Å². The Morgan fingerprint density at radius 3 is 2.48 bits per heavy atom. The normalized spacial score (nSPS) is 16.1. The molecule has 0 fully saturated rings. The van der Waals surface area contributed by atoms with Crippen LogP contribution in [0.2, 0.25) is 0 Å². The summed E-state index contributed by atoms with van der Waals surface area (Å²) in [7, 11) is 5.07. The van der Waals surface area contributed by atoms with Crippen LogP contribution >= 0.6 is 0 Å². The molecule has 3 rings (SSSR count). The molecule has 1 aliphatic rings. The molecule has 0 radical (unpaired) electrons. The molecule has 23 heavy (non-hydrogen) atoms. The van der Waals surface area contributed by atoms with E-state index in [9.17, 15) is 0 Å². The number of rotatable bonds is 3. The van der Waals surface area contributed by atoms with Gasteiger partial charge >= 0.3 is 0 Å². The Morgan fingerprint density at radius 2 is 1.83 bits per heavy atom. The lowest BCUT2D eigenvalue weighted by molar-refractivity contribution is 0.389. The predicted octanol–water partition coefficient (Wildman–Crippen LogP) is 3.63. The van der Waals surface area contributed by atoms with Crippen LogP contribution in [-0.2, 0) is 6.42 Å². The van der Waals surface area contributed by atoms with Crippen LogP contribution < -0.4 is 19.9 Å². The van der Waals surface area contributed by atoms with E-state index in [0.717, 1.165) is 52.3 Å². The molecule has 4 heteroatoms. The molecular formula is C19H23NO3. The lowest BCUT2D eigenvalue weighted by atomic mass is 9.92. The molecular weight excluding hydrogens is 290 g/mol. The topological polar surface area (TPSA) is 53.7 Å². The summed E-state index contributed by atoms with van der Waals surface area (Å²) in [5.41, 5.74) is 12.0. The molecule has 0 saturated carbocycles. The highest BCUT2D eigenvalue weighted by Gasteiger charge is 2.26. The van der Waals surface area contributed by atoms with Crippen LogP contribution in [0.4, 0.5) is 0 Å². The number of nitrogens with two attached hydrogens (primary N) is 1. The van der Waals surface area contributed by atoms with Crippen molar-refractivity contribution >= 4 is 0 Å². The molecule has 0 spiro atoms. The minimum atomic E-state index is -0.0245. The minimum absolute atomic E-state index is 0.0245. The third kappa shape index (κ3) is 2.53. The minimum Gasteiger partial charge on any atom is -0.497 e. The molecule has 0 heterocycles. The van der Waals surface area contributed by atoms with Crippen LogP contribution in [0, 0.1) is 6.92 Å². The van der Waals surface area contributed by atoms with E-state index in [0.29, 0.717) is 0 Å². The van der Waals surface area contributed by atoms with Crippen LogP contribution in [0.1, 0.15) is 29.2 Å². The van der Waals surface area contributed by atoms with Crippen LogP contribution in [0.25, 0.3) is 11.1 Å². The zero-order chi connectivity index (χ0) is 16.6. The van der Waals surface area contributed by atoms with Crippen molar-refractivity contribution in [1.29, 1.82) is 0 Å². The van der Waals surface area contributed by atoms with Gasteiger partial charge in [-0.05, 0) is 54.7 Å². The highest BCUT2D eigenvalue weighted by molar-refractivity contribution is 5.81. The number of aryl methyl sites for hydroxylation is 1. The zero-order valence-corrected chi connectivity index (χ0v) is 14.1. The molecule has 1 aliphatic carbocycles. The predicted molar refractivity (Wildman–Crippen MR) is 91.5 cm³/mol. The Hall–Kier alpha value is -2.20. The fraction of sp³-hybridized carbons (Fsp3) is 0.368. The number of benzene rings is 2. The first kappa shape index (κ1) is 15.7. The second-order valence-electron chi connectivity index (χ2n) is 5.87. The van der Waals surface area contributed by atoms with E-state index >= 15 is 0 Å². The largest absolute Gasteiger partial charge is 0.497 e. The fourth-order valence-corrected chi connectivity index (χ4v) is 3.41. The molecule has 0 saturated heterocycles. The molecule has 1 atom stereocenters. The number of methoxy groups -OCH3 is 3. The van der Waals surface area contributed by atoms with Gasteiger partial charge in [0.05, 0.1) is 21.3 Å². The van der Waals surface area contributed by atoms with Crippen LogP contribution in [0.15, 0.2) is 24.3 Å². The summed E-state index contributed by atoms with van der Waals surface area (Å²) in [6, 6.07) is 8.17. The van der Waals surface area contributed by atoms with Gasteiger partial charge in [-0.3, -0.25) is 0 Å². The van der Waals surface area contributed by atoms with Gasteiger partial charge in [-0.2, -0.15) is 0 Å². The second-order valence-corrected chi connectivity index (χ2v) is 5.87. The standard InChI is InChI=1S/C19H23NO3/c1-11-17(22-3)9-12-5-8-16(20)15-10-13(21-2)6-7-14(15)18(12)19(11)23-4/h6-7,9-10,16H,5,8,20H2,1-4H3/t16-/m0/s1. The summed E-state index contributed by atoms with van der Waals surface area (Å²) in [5, 5.41) is 0. The Labute approximate surface area is 137 Å². The molecule has 2 aromatic rings. The summed E-state index contributed by atoms with van der Waals surface area (Å²) in [6.45, 7) is 2.02. The van der Waals surface area contributed by atoms with Gasteiger partial charge in [-0.25, -0.2) is 0 Å². The Kier molecular flexibility index (Phi) is 4.18. The van der Waals surface area contributed by atoms with Gasteiger partial charge in [0.1, 0.15) is 17.2 Å². The first-order valence-corrected chi connectivity index (χ1v) is 7.79. The summed E-state index contributed by atoms with van der Waals surface area (Å²) in [6.07, 6.45) is 1.77. The third-order valence-electron chi connectivity index (χ3n) is 4.64. The maximum atomic E-state index is 6.42. The van der Waals surface area contributed by atoms with E-state index in [1.807, 2.05) is 19.1 Å². The zero-order valence-electron chi connectivity index (χ0n) is 14.1.